The molecule has 1 heterocycles. The van der Waals surface area contributed by atoms with E-state index in [1.807, 2.05) is 0 Å². The lowest BCUT2D eigenvalue weighted by molar-refractivity contribution is -0.139. The van der Waals surface area contributed by atoms with E-state index in [0.717, 1.165) is 6.07 Å². The van der Waals surface area contributed by atoms with E-state index in [-0.39, 0.29) is 5.56 Å². The van der Waals surface area contributed by atoms with E-state index in [4.69, 9.17) is 10.2 Å². The SMILES string of the molecule is O=C(O)c1onc(-c2ccc(C(F)(F)F)c(F)c2)c1C(=O)O. The number of hydrogen-bond acceptors (Lipinski definition) is 4. The molecule has 10 heteroatoms. The molecule has 2 N–H and O–H groups in total. The second-order valence-corrected chi connectivity index (χ2v) is 4.04. The Labute approximate surface area is 118 Å². The van der Waals surface area contributed by atoms with Crippen molar-refractivity contribution in [3.63, 3.8) is 0 Å². The molecule has 0 fully saturated rings. The molecule has 6 nitrogen and oxygen atoms in total. The number of nitrogens with zero attached hydrogens (tertiary/aromatic N) is 1. The summed E-state index contributed by atoms with van der Waals surface area (Å²) in [6, 6.07) is 1.56. The van der Waals surface area contributed by atoms with E-state index >= 15 is 0 Å². The molecule has 0 aliphatic heterocycles. The quantitative estimate of drug-likeness (QED) is 0.844. The predicted octanol–water partition coefficient (Wildman–Crippen LogP) is 2.90. The van der Waals surface area contributed by atoms with Crippen LogP contribution in [-0.2, 0) is 6.18 Å². The third-order valence-corrected chi connectivity index (χ3v) is 2.65. The first-order valence-electron chi connectivity index (χ1n) is 5.46. The first-order chi connectivity index (χ1) is 10.1. The van der Waals surface area contributed by atoms with Gasteiger partial charge in [-0.15, -0.1) is 0 Å². The van der Waals surface area contributed by atoms with Gasteiger partial charge in [0.1, 0.15) is 17.1 Å². The standard InChI is InChI=1S/C12H5F4NO5/c13-6-3-4(1-2-5(6)12(14,15)16)8-7(10(18)19)9(11(20)21)22-17-8/h1-3H,(H,18,19)(H,20,21). The van der Waals surface area contributed by atoms with Gasteiger partial charge in [0.15, 0.2) is 0 Å². The molecule has 0 aliphatic carbocycles. The zero-order valence-corrected chi connectivity index (χ0v) is 10.3. The molecular formula is C12H5F4NO5. The number of aromatic nitrogens is 1. The van der Waals surface area contributed by atoms with E-state index in [0.29, 0.717) is 12.1 Å². The maximum atomic E-state index is 13.5. The minimum atomic E-state index is -4.92. The van der Waals surface area contributed by atoms with Gasteiger partial charge >= 0.3 is 18.1 Å². The van der Waals surface area contributed by atoms with Crippen molar-refractivity contribution >= 4 is 11.9 Å². The third kappa shape index (κ3) is 2.62. The van der Waals surface area contributed by atoms with Crippen molar-refractivity contribution in [2.24, 2.45) is 0 Å². The molecule has 0 saturated heterocycles. The van der Waals surface area contributed by atoms with Gasteiger partial charge in [0.25, 0.3) is 5.76 Å². The van der Waals surface area contributed by atoms with Crippen LogP contribution in [0, 0.1) is 5.82 Å². The van der Waals surface area contributed by atoms with Crippen LogP contribution in [0.15, 0.2) is 22.7 Å². The van der Waals surface area contributed by atoms with Gasteiger partial charge in [-0.1, -0.05) is 11.2 Å². The van der Waals surface area contributed by atoms with E-state index in [1.165, 1.54) is 0 Å². The van der Waals surface area contributed by atoms with Gasteiger partial charge in [-0.2, -0.15) is 13.2 Å². The Morgan fingerprint density at radius 3 is 2.23 bits per heavy atom. The Kier molecular flexibility index (Phi) is 3.61. The van der Waals surface area contributed by atoms with E-state index < -0.39 is 46.5 Å². The Morgan fingerprint density at radius 1 is 1.14 bits per heavy atom. The van der Waals surface area contributed by atoms with Crippen molar-refractivity contribution in [2.45, 2.75) is 6.18 Å². The van der Waals surface area contributed by atoms with Crippen molar-refractivity contribution in [3.05, 3.63) is 40.9 Å². The van der Waals surface area contributed by atoms with Gasteiger partial charge in [-0.05, 0) is 12.1 Å². The summed E-state index contributed by atoms with van der Waals surface area (Å²) in [7, 11) is 0. The average Bonchev–Trinajstić information content (AvgIpc) is 2.81. The second kappa shape index (κ2) is 5.13. The number of carbonyl (C=O) groups is 2. The van der Waals surface area contributed by atoms with Gasteiger partial charge in [0, 0.05) is 5.56 Å². The smallest absolute Gasteiger partial charge is 0.419 e. The van der Waals surface area contributed by atoms with Crippen LogP contribution in [0.4, 0.5) is 17.6 Å². The third-order valence-electron chi connectivity index (χ3n) is 2.65. The summed E-state index contributed by atoms with van der Waals surface area (Å²) >= 11 is 0. The van der Waals surface area contributed by atoms with Gasteiger partial charge in [0.2, 0.25) is 0 Å². The molecule has 0 saturated carbocycles. The minimum absolute atomic E-state index is 0.362. The molecular weight excluding hydrogens is 314 g/mol. The van der Waals surface area contributed by atoms with E-state index in [1.54, 1.807) is 0 Å². The van der Waals surface area contributed by atoms with Gasteiger partial charge in [-0.25, -0.2) is 14.0 Å². The summed E-state index contributed by atoms with van der Waals surface area (Å²) in [5.41, 5.74) is -3.38. The summed E-state index contributed by atoms with van der Waals surface area (Å²) < 4.78 is 55.2. The highest BCUT2D eigenvalue weighted by Gasteiger charge is 2.35. The van der Waals surface area contributed by atoms with Crippen LogP contribution in [0.3, 0.4) is 0 Å². The molecule has 2 aromatic rings. The van der Waals surface area contributed by atoms with E-state index in [2.05, 4.69) is 9.68 Å². The highest BCUT2D eigenvalue weighted by molar-refractivity contribution is 6.04. The fourth-order valence-corrected chi connectivity index (χ4v) is 1.72. The number of carboxylic acids is 2. The second-order valence-electron chi connectivity index (χ2n) is 4.04. The number of halogens is 4. The summed E-state index contributed by atoms with van der Waals surface area (Å²) in [4.78, 5) is 21.9. The first kappa shape index (κ1) is 15.5. The van der Waals surface area contributed by atoms with Crippen molar-refractivity contribution in [2.75, 3.05) is 0 Å². The summed E-state index contributed by atoms with van der Waals surface area (Å²) in [5, 5.41) is 20.9. The van der Waals surface area contributed by atoms with E-state index in [9.17, 15) is 27.2 Å². The maximum Gasteiger partial charge on any atom is 0.419 e. The lowest BCUT2D eigenvalue weighted by Gasteiger charge is -2.08. The van der Waals surface area contributed by atoms with Crippen LogP contribution in [0.2, 0.25) is 0 Å². The highest BCUT2D eigenvalue weighted by atomic mass is 19.4. The molecule has 0 unspecified atom stereocenters. The normalized spacial score (nSPS) is 11.5. The largest absolute Gasteiger partial charge is 0.477 e. The van der Waals surface area contributed by atoms with Crippen LogP contribution in [0.25, 0.3) is 11.3 Å². The summed E-state index contributed by atoms with van der Waals surface area (Å²) in [6.45, 7) is 0. The van der Waals surface area contributed by atoms with Crippen LogP contribution >= 0.6 is 0 Å². The molecule has 116 valence electrons. The lowest BCUT2D eigenvalue weighted by atomic mass is 10.0. The number of hydrogen-bond donors (Lipinski definition) is 2. The number of aromatic carboxylic acids is 2. The molecule has 2 rings (SSSR count). The first-order valence-corrected chi connectivity index (χ1v) is 5.46. The Bertz CT molecular complexity index is 765. The molecule has 0 radical (unpaired) electrons. The molecule has 22 heavy (non-hydrogen) atoms. The molecule has 1 aromatic carbocycles. The van der Waals surface area contributed by atoms with Gasteiger partial charge in [0.05, 0.1) is 5.56 Å². The Hall–Kier alpha value is -2.91. The zero-order chi connectivity index (χ0) is 16.7. The van der Waals surface area contributed by atoms with Crippen LogP contribution in [0.5, 0.6) is 0 Å². The van der Waals surface area contributed by atoms with Crippen LogP contribution in [-0.4, -0.2) is 27.3 Å². The highest BCUT2D eigenvalue weighted by Crippen LogP contribution is 2.34. The van der Waals surface area contributed by atoms with Crippen molar-refractivity contribution in [1.29, 1.82) is 0 Å². The zero-order valence-electron chi connectivity index (χ0n) is 10.3. The molecule has 0 amide bonds. The Morgan fingerprint density at radius 2 is 1.77 bits per heavy atom. The predicted molar refractivity (Wildman–Crippen MR) is 60.8 cm³/mol. The maximum absolute atomic E-state index is 13.5. The molecule has 0 aliphatic rings. The Balaban J connectivity index is 2.61. The van der Waals surface area contributed by atoms with Crippen molar-refractivity contribution in [3.8, 4) is 11.3 Å². The van der Waals surface area contributed by atoms with Crippen molar-refractivity contribution < 1.29 is 41.9 Å². The summed E-state index contributed by atoms with van der Waals surface area (Å²) in [5.74, 6) is -6.12. The number of alkyl halides is 3. The topological polar surface area (TPSA) is 101 Å². The number of benzene rings is 1. The van der Waals surface area contributed by atoms with Crippen molar-refractivity contribution in [1.82, 2.24) is 5.16 Å². The fourth-order valence-electron chi connectivity index (χ4n) is 1.72. The number of carboxylic acid groups (broad SMARTS) is 2. The summed E-state index contributed by atoms with van der Waals surface area (Å²) in [6.07, 6.45) is -4.92. The van der Waals surface area contributed by atoms with Crippen LogP contribution in [0.1, 0.15) is 26.5 Å². The van der Waals surface area contributed by atoms with Gasteiger partial charge < -0.3 is 14.7 Å². The molecule has 0 spiro atoms. The number of rotatable bonds is 3. The minimum Gasteiger partial charge on any atom is -0.477 e. The fraction of sp³-hybridized carbons (Fsp3) is 0.0833. The van der Waals surface area contributed by atoms with Crippen LogP contribution < -0.4 is 0 Å². The lowest BCUT2D eigenvalue weighted by Crippen LogP contribution is -2.09. The average molecular weight is 319 g/mol. The van der Waals surface area contributed by atoms with Gasteiger partial charge in [-0.3, -0.25) is 0 Å². The molecule has 0 atom stereocenters. The monoisotopic (exact) mass is 319 g/mol. The molecule has 0 bridgehead atoms. The molecule has 1 aromatic heterocycles.